The van der Waals surface area contributed by atoms with Gasteiger partial charge in [0, 0.05) is 12.6 Å². The third-order valence-corrected chi connectivity index (χ3v) is 3.62. The smallest absolute Gasteiger partial charge is 0.253 e. The molecule has 1 unspecified atom stereocenters. The molecule has 0 radical (unpaired) electrons. The number of rotatable bonds is 6. The minimum atomic E-state index is -1.11. The Morgan fingerprint density at radius 1 is 1.59 bits per heavy atom. The highest BCUT2D eigenvalue weighted by Crippen LogP contribution is 2.25. The average molecular weight is 331 g/mol. The summed E-state index contributed by atoms with van der Waals surface area (Å²) in [6.07, 6.45) is 2.02. The first-order valence-corrected chi connectivity index (χ1v) is 7.29. The van der Waals surface area contributed by atoms with Crippen LogP contribution in [0.3, 0.4) is 0 Å². The number of carbonyl (C=O) groups excluding carboxylic acids is 1. The topological polar surface area (TPSA) is 101 Å². The lowest BCUT2D eigenvalue weighted by Crippen LogP contribution is -2.51. The maximum absolute atomic E-state index is 12.1. The Bertz CT molecular complexity index is 530. The summed E-state index contributed by atoms with van der Waals surface area (Å²) in [5.41, 5.74) is -0.895. The van der Waals surface area contributed by atoms with Crippen LogP contribution >= 0.6 is 11.6 Å². The van der Waals surface area contributed by atoms with Crippen molar-refractivity contribution in [1.82, 2.24) is 10.3 Å². The van der Waals surface area contributed by atoms with E-state index in [1.54, 1.807) is 0 Å². The largest absolute Gasteiger partial charge is 0.471 e. The average Bonchev–Trinajstić information content (AvgIpc) is 3.02. The molecule has 1 amide bonds. The number of ether oxygens (including phenoxy) is 2. The molecule has 3 N–H and O–H groups in total. The zero-order valence-corrected chi connectivity index (χ0v) is 13.0. The quantitative estimate of drug-likeness (QED) is 0.697. The molecule has 22 heavy (non-hydrogen) atoms. The van der Waals surface area contributed by atoms with E-state index < -0.39 is 11.4 Å². The summed E-state index contributed by atoms with van der Waals surface area (Å²) in [6, 6.07) is 1.43. The van der Waals surface area contributed by atoms with E-state index in [0.717, 1.165) is 6.42 Å². The molecular formula is C14H19ClN2O5. The van der Waals surface area contributed by atoms with Crippen molar-refractivity contribution in [2.75, 3.05) is 26.4 Å². The molecule has 2 heterocycles. The van der Waals surface area contributed by atoms with Crippen molar-refractivity contribution in [1.29, 1.82) is 0 Å². The molecule has 0 aliphatic carbocycles. The molecule has 0 saturated carbocycles. The summed E-state index contributed by atoms with van der Waals surface area (Å²) >= 11 is 6.08. The van der Waals surface area contributed by atoms with Gasteiger partial charge in [-0.15, -0.1) is 0 Å². The number of nitrogens with zero attached hydrogens (tertiary/aromatic N) is 1. The highest BCUT2D eigenvalue weighted by Gasteiger charge is 2.26. The van der Waals surface area contributed by atoms with Gasteiger partial charge in [0.05, 0.1) is 37.5 Å². The van der Waals surface area contributed by atoms with Gasteiger partial charge in [-0.05, 0) is 13.0 Å². The van der Waals surface area contributed by atoms with E-state index >= 15 is 0 Å². The van der Waals surface area contributed by atoms with Crippen LogP contribution in [0.4, 0.5) is 0 Å². The zero-order chi connectivity index (χ0) is 16.2. The summed E-state index contributed by atoms with van der Waals surface area (Å²) in [7, 11) is 0. The maximum Gasteiger partial charge on any atom is 0.253 e. The molecule has 0 spiro atoms. The normalized spacial score (nSPS) is 18.3. The van der Waals surface area contributed by atoms with Gasteiger partial charge in [0.1, 0.15) is 11.1 Å². The van der Waals surface area contributed by atoms with Gasteiger partial charge in [-0.2, -0.15) is 0 Å². The van der Waals surface area contributed by atoms with E-state index in [-0.39, 0.29) is 35.8 Å². The number of nitrogens with one attached hydrogen (secondary N) is 1. The molecule has 7 nitrogen and oxygen atoms in total. The second-order valence-electron chi connectivity index (χ2n) is 5.45. The van der Waals surface area contributed by atoms with Gasteiger partial charge in [-0.3, -0.25) is 4.79 Å². The number of aliphatic hydroxyl groups excluding tert-OH is 2. The number of pyridine rings is 1. The first kappa shape index (κ1) is 17.0. The van der Waals surface area contributed by atoms with E-state index in [2.05, 4.69) is 10.3 Å². The van der Waals surface area contributed by atoms with Gasteiger partial charge in [-0.1, -0.05) is 11.6 Å². The number of hydrogen-bond donors (Lipinski definition) is 3. The maximum atomic E-state index is 12.1. The van der Waals surface area contributed by atoms with Crippen LogP contribution in [-0.2, 0) is 4.74 Å². The lowest BCUT2D eigenvalue weighted by Gasteiger charge is -2.26. The fourth-order valence-corrected chi connectivity index (χ4v) is 2.09. The molecule has 1 aromatic rings. The Morgan fingerprint density at radius 2 is 2.32 bits per heavy atom. The number of amides is 1. The summed E-state index contributed by atoms with van der Waals surface area (Å²) < 4.78 is 10.8. The second kappa shape index (κ2) is 7.23. The van der Waals surface area contributed by atoms with Crippen LogP contribution in [0.15, 0.2) is 12.3 Å². The standard InChI is InChI=1S/C14H19ClN2O5/c1-14(7-18,8-19)17-12(20)9-4-11(15)13(16-5-9)22-10-2-3-21-6-10/h4-5,10,18-19H,2-3,6-8H2,1H3,(H,17,20). The Balaban J connectivity index is 2.06. The third-order valence-electron chi connectivity index (χ3n) is 3.35. The minimum absolute atomic E-state index is 0.0863. The van der Waals surface area contributed by atoms with Crippen LogP contribution in [0, 0.1) is 0 Å². The van der Waals surface area contributed by atoms with E-state index in [4.69, 9.17) is 21.1 Å². The molecule has 1 aromatic heterocycles. The Kier molecular flexibility index (Phi) is 5.57. The summed E-state index contributed by atoms with van der Waals surface area (Å²) in [5, 5.41) is 21.1. The van der Waals surface area contributed by atoms with Crippen molar-refractivity contribution in [3.63, 3.8) is 0 Å². The third kappa shape index (κ3) is 4.07. The van der Waals surface area contributed by atoms with Crippen molar-refractivity contribution in [3.8, 4) is 5.88 Å². The van der Waals surface area contributed by atoms with Crippen LogP contribution in [0.2, 0.25) is 5.02 Å². The molecule has 1 aliphatic heterocycles. The number of hydrogen-bond acceptors (Lipinski definition) is 6. The molecule has 2 rings (SSSR count). The zero-order valence-electron chi connectivity index (χ0n) is 12.2. The number of halogens is 1. The first-order valence-electron chi connectivity index (χ1n) is 6.91. The van der Waals surface area contributed by atoms with Gasteiger partial charge in [0.25, 0.3) is 5.91 Å². The van der Waals surface area contributed by atoms with Gasteiger partial charge < -0.3 is 25.0 Å². The number of carbonyl (C=O) groups is 1. The SMILES string of the molecule is CC(CO)(CO)NC(=O)c1cnc(OC2CCOC2)c(Cl)c1. The van der Waals surface area contributed by atoms with E-state index in [0.29, 0.717) is 13.2 Å². The van der Waals surface area contributed by atoms with E-state index in [9.17, 15) is 15.0 Å². The van der Waals surface area contributed by atoms with Crippen LogP contribution in [0.1, 0.15) is 23.7 Å². The molecule has 1 fully saturated rings. The molecular weight excluding hydrogens is 312 g/mol. The van der Waals surface area contributed by atoms with Crippen molar-refractivity contribution in [2.45, 2.75) is 25.0 Å². The summed E-state index contributed by atoms with van der Waals surface area (Å²) in [5.74, 6) is -0.239. The molecule has 122 valence electrons. The van der Waals surface area contributed by atoms with Crippen molar-refractivity contribution >= 4 is 17.5 Å². The lowest BCUT2D eigenvalue weighted by atomic mass is 10.0. The molecule has 8 heteroatoms. The number of aliphatic hydroxyl groups is 2. The van der Waals surface area contributed by atoms with Crippen LogP contribution in [-0.4, -0.2) is 59.2 Å². The van der Waals surface area contributed by atoms with Crippen LogP contribution in [0.5, 0.6) is 5.88 Å². The fourth-order valence-electron chi connectivity index (χ4n) is 1.88. The first-order chi connectivity index (χ1) is 10.5. The van der Waals surface area contributed by atoms with Crippen LogP contribution < -0.4 is 10.1 Å². The highest BCUT2D eigenvalue weighted by molar-refractivity contribution is 6.32. The summed E-state index contributed by atoms with van der Waals surface area (Å²) in [6.45, 7) is 1.88. The van der Waals surface area contributed by atoms with Crippen molar-refractivity contribution in [2.24, 2.45) is 0 Å². The van der Waals surface area contributed by atoms with E-state index in [1.807, 2.05) is 0 Å². The minimum Gasteiger partial charge on any atom is -0.471 e. The van der Waals surface area contributed by atoms with Crippen molar-refractivity contribution < 1.29 is 24.5 Å². The molecule has 1 aliphatic rings. The molecule has 1 atom stereocenters. The molecule has 1 saturated heterocycles. The highest BCUT2D eigenvalue weighted by atomic mass is 35.5. The van der Waals surface area contributed by atoms with E-state index in [1.165, 1.54) is 19.2 Å². The van der Waals surface area contributed by atoms with Gasteiger partial charge in [-0.25, -0.2) is 4.98 Å². The lowest BCUT2D eigenvalue weighted by molar-refractivity contribution is 0.0723. The predicted octanol–water partition coefficient (Wildman–Crippen LogP) is 0.376. The van der Waals surface area contributed by atoms with Crippen LogP contribution in [0.25, 0.3) is 0 Å². The Morgan fingerprint density at radius 3 is 2.86 bits per heavy atom. The Labute approximate surface area is 133 Å². The van der Waals surface area contributed by atoms with Gasteiger partial charge in [0.15, 0.2) is 0 Å². The number of aromatic nitrogens is 1. The molecule has 0 aromatic carbocycles. The monoisotopic (exact) mass is 330 g/mol. The fraction of sp³-hybridized carbons (Fsp3) is 0.571. The summed E-state index contributed by atoms with van der Waals surface area (Å²) in [4.78, 5) is 16.1. The molecule has 0 bridgehead atoms. The van der Waals surface area contributed by atoms with Gasteiger partial charge in [0.2, 0.25) is 5.88 Å². The van der Waals surface area contributed by atoms with Crippen molar-refractivity contribution in [3.05, 3.63) is 22.8 Å². The second-order valence-corrected chi connectivity index (χ2v) is 5.85. The Hall–Kier alpha value is -1.41. The predicted molar refractivity (Wildman–Crippen MR) is 79.1 cm³/mol. The van der Waals surface area contributed by atoms with Gasteiger partial charge >= 0.3 is 0 Å².